The summed E-state index contributed by atoms with van der Waals surface area (Å²) in [6.07, 6.45) is 3.09. The van der Waals surface area contributed by atoms with Crippen LogP contribution in [0.2, 0.25) is 0 Å². The van der Waals surface area contributed by atoms with Gasteiger partial charge in [-0.3, -0.25) is 4.79 Å². The van der Waals surface area contributed by atoms with E-state index >= 15 is 0 Å². The zero-order chi connectivity index (χ0) is 16.7. The fourth-order valence-corrected chi connectivity index (χ4v) is 4.23. The highest BCUT2D eigenvalue weighted by Crippen LogP contribution is 2.33. The highest BCUT2D eigenvalue weighted by molar-refractivity contribution is 7.16. The van der Waals surface area contributed by atoms with Gasteiger partial charge >= 0.3 is 0 Å². The van der Waals surface area contributed by atoms with Crippen LogP contribution in [0, 0.1) is 5.92 Å². The van der Waals surface area contributed by atoms with Crippen molar-refractivity contribution in [3.05, 3.63) is 34.8 Å². The van der Waals surface area contributed by atoms with Gasteiger partial charge in [0.1, 0.15) is 15.6 Å². The van der Waals surface area contributed by atoms with E-state index in [1.807, 2.05) is 17.0 Å². The van der Waals surface area contributed by atoms with Gasteiger partial charge in [-0.25, -0.2) is 4.98 Å². The molecule has 2 atom stereocenters. The first kappa shape index (κ1) is 15.6. The van der Waals surface area contributed by atoms with Crippen LogP contribution < -0.4 is 4.74 Å². The van der Waals surface area contributed by atoms with Crippen LogP contribution in [-0.2, 0) is 6.42 Å². The van der Waals surface area contributed by atoms with Crippen LogP contribution in [-0.4, -0.2) is 46.7 Å². The molecule has 0 bridgehead atoms. The number of aromatic nitrogens is 1. The molecule has 126 valence electrons. The number of aliphatic hydroxyl groups is 1. The van der Waals surface area contributed by atoms with E-state index < -0.39 is 0 Å². The molecule has 1 saturated heterocycles. The molecule has 1 amide bonds. The Morgan fingerprint density at radius 2 is 2.38 bits per heavy atom. The van der Waals surface area contributed by atoms with E-state index in [0.29, 0.717) is 18.0 Å². The van der Waals surface area contributed by atoms with Crippen molar-refractivity contribution in [1.82, 2.24) is 9.88 Å². The number of aliphatic hydroxyl groups excluding tert-OH is 1. The Kier molecular flexibility index (Phi) is 4.02. The average molecular weight is 344 g/mol. The highest BCUT2D eigenvalue weighted by atomic mass is 32.1. The summed E-state index contributed by atoms with van der Waals surface area (Å²) in [5.41, 5.74) is 2.24. The number of nitrogens with zero attached hydrogens (tertiary/aromatic N) is 2. The van der Waals surface area contributed by atoms with Gasteiger partial charge in [0.15, 0.2) is 0 Å². The normalized spacial score (nSPS) is 20.8. The highest BCUT2D eigenvalue weighted by Gasteiger charge is 2.30. The predicted molar refractivity (Wildman–Crippen MR) is 92.4 cm³/mol. The van der Waals surface area contributed by atoms with Crippen molar-refractivity contribution >= 4 is 17.2 Å². The van der Waals surface area contributed by atoms with Crippen molar-refractivity contribution < 1.29 is 14.6 Å². The molecule has 2 unspecified atom stereocenters. The third kappa shape index (κ3) is 2.80. The van der Waals surface area contributed by atoms with Crippen molar-refractivity contribution in [3.8, 4) is 16.3 Å². The number of likely N-dealkylation sites (tertiary alicyclic amines) is 1. The second-order valence-electron chi connectivity index (χ2n) is 6.49. The average Bonchev–Trinajstić information content (AvgIpc) is 3.31. The van der Waals surface area contributed by atoms with E-state index in [-0.39, 0.29) is 17.9 Å². The van der Waals surface area contributed by atoms with E-state index in [4.69, 9.17) is 4.74 Å². The molecule has 4 rings (SSSR count). The van der Waals surface area contributed by atoms with Crippen LogP contribution in [0.25, 0.3) is 10.6 Å². The largest absolute Gasteiger partial charge is 0.493 e. The molecule has 0 spiro atoms. The summed E-state index contributed by atoms with van der Waals surface area (Å²) in [5.74, 6) is 1.15. The van der Waals surface area contributed by atoms with E-state index in [1.54, 1.807) is 13.1 Å². The Bertz CT molecular complexity index is 771. The summed E-state index contributed by atoms with van der Waals surface area (Å²) in [7, 11) is 0. The lowest BCUT2D eigenvalue weighted by Gasteiger charge is -2.16. The number of rotatable bonds is 3. The first-order valence-corrected chi connectivity index (χ1v) is 9.13. The van der Waals surface area contributed by atoms with Crippen molar-refractivity contribution in [2.75, 3.05) is 19.7 Å². The molecular formula is C18H20N2O3S. The Hall–Kier alpha value is -1.92. The maximum absolute atomic E-state index is 12.6. The summed E-state index contributed by atoms with van der Waals surface area (Å²) < 4.78 is 5.53. The molecule has 0 radical (unpaired) electrons. The van der Waals surface area contributed by atoms with Gasteiger partial charge < -0.3 is 14.7 Å². The fourth-order valence-electron chi connectivity index (χ4n) is 3.35. The molecule has 0 saturated carbocycles. The van der Waals surface area contributed by atoms with E-state index in [0.717, 1.165) is 35.8 Å². The minimum atomic E-state index is -0.367. The number of thiazole rings is 1. The molecule has 1 aromatic carbocycles. The molecule has 6 heteroatoms. The number of hydrogen-bond acceptors (Lipinski definition) is 5. The Morgan fingerprint density at radius 3 is 3.17 bits per heavy atom. The zero-order valence-electron chi connectivity index (χ0n) is 13.6. The summed E-state index contributed by atoms with van der Waals surface area (Å²) >= 11 is 1.43. The molecule has 5 nitrogen and oxygen atoms in total. The lowest BCUT2D eigenvalue weighted by molar-refractivity contribution is 0.0767. The SMILES string of the molecule is CC(O)C1CCN(C(=O)c2cnc(-c3ccc4c(c3)CCO4)s2)C1. The molecule has 2 aromatic rings. The van der Waals surface area contributed by atoms with Crippen molar-refractivity contribution in [2.45, 2.75) is 25.9 Å². The zero-order valence-corrected chi connectivity index (χ0v) is 14.4. The number of fused-ring (bicyclic) bond motifs is 1. The number of benzene rings is 1. The van der Waals surface area contributed by atoms with Crippen LogP contribution >= 0.6 is 11.3 Å². The second-order valence-corrected chi connectivity index (χ2v) is 7.52. The van der Waals surface area contributed by atoms with Gasteiger partial charge in [0.05, 0.1) is 18.9 Å². The Balaban J connectivity index is 1.52. The summed E-state index contributed by atoms with van der Waals surface area (Å²) in [6.45, 7) is 3.86. The number of hydrogen-bond donors (Lipinski definition) is 1. The van der Waals surface area contributed by atoms with E-state index in [1.165, 1.54) is 16.9 Å². The predicted octanol–water partition coefficient (Wildman–Crippen LogP) is 2.59. The molecule has 3 heterocycles. The maximum Gasteiger partial charge on any atom is 0.265 e. The Labute approximate surface area is 144 Å². The summed E-state index contributed by atoms with van der Waals surface area (Å²) in [6, 6.07) is 6.08. The van der Waals surface area contributed by atoms with Gasteiger partial charge in [-0.2, -0.15) is 0 Å². The van der Waals surface area contributed by atoms with E-state index in [9.17, 15) is 9.90 Å². The van der Waals surface area contributed by atoms with Crippen LogP contribution in [0.3, 0.4) is 0 Å². The van der Waals surface area contributed by atoms with E-state index in [2.05, 4.69) is 11.1 Å². The van der Waals surface area contributed by atoms with Crippen molar-refractivity contribution in [3.63, 3.8) is 0 Å². The van der Waals surface area contributed by atoms with Gasteiger partial charge in [-0.15, -0.1) is 11.3 Å². The molecule has 1 fully saturated rings. The van der Waals surface area contributed by atoms with Crippen LogP contribution in [0.15, 0.2) is 24.4 Å². The maximum atomic E-state index is 12.6. The molecule has 1 N–H and O–H groups in total. The molecule has 1 aromatic heterocycles. The number of carbonyl (C=O) groups is 1. The van der Waals surface area contributed by atoms with Crippen molar-refractivity contribution in [2.24, 2.45) is 5.92 Å². The Morgan fingerprint density at radius 1 is 1.50 bits per heavy atom. The van der Waals surface area contributed by atoms with Gasteiger partial charge in [0.25, 0.3) is 5.91 Å². The molecule has 24 heavy (non-hydrogen) atoms. The molecule has 2 aliphatic rings. The van der Waals surface area contributed by atoms with Crippen molar-refractivity contribution in [1.29, 1.82) is 0 Å². The molecule has 0 aliphatic carbocycles. The van der Waals surface area contributed by atoms with Gasteiger partial charge in [-0.1, -0.05) is 0 Å². The number of carbonyl (C=O) groups excluding carboxylic acids is 1. The van der Waals surface area contributed by atoms with Crippen LogP contribution in [0.1, 0.15) is 28.6 Å². The minimum absolute atomic E-state index is 0.0198. The lowest BCUT2D eigenvalue weighted by atomic mass is 10.0. The quantitative estimate of drug-likeness (QED) is 0.930. The third-order valence-electron chi connectivity index (χ3n) is 4.85. The topological polar surface area (TPSA) is 62.7 Å². The minimum Gasteiger partial charge on any atom is -0.493 e. The lowest BCUT2D eigenvalue weighted by Crippen LogP contribution is -2.29. The third-order valence-corrected chi connectivity index (χ3v) is 5.88. The second kappa shape index (κ2) is 6.18. The first-order valence-electron chi connectivity index (χ1n) is 8.31. The molecular weight excluding hydrogens is 324 g/mol. The van der Waals surface area contributed by atoms with Gasteiger partial charge in [0, 0.05) is 31.0 Å². The van der Waals surface area contributed by atoms with Gasteiger partial charge in [-0.05, 0) is 37.1 Å². The summed E-state index contributed by atoms with van der Waals surface area (Å²) in [4.78, 5) is 19.6. The fraction of sp³-hybridized carbons (Fsp3) is 0.444. The summed E-state index contributed by atoms with van der Waals surface area (Å²) in [5, 5.41) is 10.6. The first-order chi connectivity index (χ1) is 11.6. The number of amides is 1. The van der Waals surface area contributed by atoms with Crippen LogP contribution in [0.4, 0.5) is 0 Å². The smallest absolute Gasteiger partial charge is 0.265 e. The van der Waals surface area contributed by atoms with Crippen LogP contribution in [0.5, 0.6) is 5.75 Å². The monoisotopic (exact) mass is 344 g/mol. The van der Waals surface area contributed by atoms with Gasteiger partial charge in [0.2, 0.25) is 0 Å². The molecule has 2 aliphatic heterocycles. The standard InChI is InChI=1S/C18H20N2O3S/c1-11(21)14-4-6-20(10-14)18(22)16-9-19-17(24-16)13-2-3-15-12(8-13)5-7-23-15/h2-3,8-9,11,14,21H,4-7,10H2,1H3. The number of ether oxygens (including phenoxy) is 1.